The van der Waals surface area contributed by atoms with Gasteiger partial charge >= 0.3 is 0 Å². The summed E-state index contributed by atoms with van der Waals surface area (Å²) in [5.41, 5.74) is 4.97. The Balaban J connectivity index is 1.88. The zero-order chi connectivity index (χ0) is 15.6. The van der Waals surface area contributed by atoms with E-state index in [1.54, 1.807) is 0 Å². The zero-order valence-electron chi connectivity index (χ0n) is 12.7. The average Bonchev–Trinajstić information content (AvgIpc) is 2.97. The molecule has 23 heavy (non-hydrogen) atoms. The Bertz CT molecular complexity index is 943. The van der Waals surface area contributed by atoms with Gasteiger partial charge in [0, 0.05) is 22.8 Å². The number of benzene rings is 2. The van der Waals surface area contributed by atoms with Crippen LogP contribution in [0.4, 0.5) is 11.6 Å². The second kappa shape index (κ2) is 5.57. The molecule has 4 rings (SSSR count). The molecule has 4 heteroatoms. The lowest BCUT2D eigenvalue weighted by Crippen LogP contribution is -1.99. The summed E-state index contributed by atoms with van der Waals surface area (Å²) in [5, 5.41) is 4.34. The summed E-state index contributed by atoms with van der Waals surface area (Å²) < 4.78 is 0. The van der Waals surface area contributed by atoms with Crippen LogP contribution < -0.4 is 5.32 Å². The standard InChI is InChI=1S/C19H16N4/c1-13-12-20-18-16(13)17(14-8-4-2-5-9-14)22-19(23-18)21-15-10-6-3-7-11-15/h2-12H,1H3,(H2,20,21,22,23). The number of aromatic nitrogens is 3. The van der Waals surface area contributed by atoms with Crippen LogP contribution in [0, 0.1) is 6.92 Å². The molecule has 0 amide bonds. The van der Waals surface area contributed by atoms with Crippen LogP contribution in [-0.4, -0.2) is 15.0 Å². The van der Waals surface area contributed by atoms with E-state index >= 15 is 0 Å². The second-order valence-electron chi connectivity index (χ2n) is 5.45. The predicted molar refractivity (Wildman–Crippen MR) is 93.8 cm³/mol. The van der Waals surface area contributed by atoms with Crippen molar-refractivity contribution in [1.82, 2.24) is 15.0 Å². The Morgan fingerprint density at radius 2 is 1.57 bits per heavy atom. The third kappa shape index (κ3) is 2.55. The van der Waals surface area contributed by atoms with E-state index in [2.05, 4.69) is 34.3 Å². The molecule has 0 radical (unpaired) electrons. The van der Waals surface area contributed by atoms with Gasteiger partial charge in [-0.15, -0.1) is 0 Å². The van der Waals surface area contributed by atoms with Crippen LogP contribution in [0.15, 0.2) is 66.9 Å². The van der Waals surface area contributed by atoms with Crippen molar-refractivity contribution in [3.05, 3.63) is 72.4 Å². The first-order valence-electron chi connectivity index (χ1n) is 7.54. The van der Waals surface area contributed by atoms with Gasteiger partial charge in [-0.2, -0.15) is 4.98 Å². The number of aryl methyl sites for hydroxylation is 1. The van der Waals surface area contributed by atoms with Crippen LogP contribution in [0.2, 0.25) is 0 Å². The van der Waals surface area contributed by atoms with Gasteiger partial charge in [0.05, 0.1) is 5.69 Å². The lowest BCUT2D eigenvalue weighted by atomic mass is 10.1. The summed E-state index contributed by atoms with van der Waals surface area (Å²) in [6.45, 7) is 2.07. The third-order valence-electron chi connectivity index (χ3n) is 3.81. The van der Waals surface area contributed by atoms with Crippen molar-refractivity contribution in [3.8, 4) is 11.3 Å². The highest BCUT2D eigenvalue weighted by atomic mass is 15.1. The van der Waals surface area contributed by atoms with Gasteiger partial charge in [0.2, 0.25) is 5.95 Å². The summed E-state index contributed by atoms with van der Waals surface area (Å²) in [6, 6.07) is 20.1. The first kappa shape index (κ1) is 13.5. The van der Waals surface area contributed by atoms with Crippen molar-refractivity contribution in [2.75, 3.05) is 5.32 Å². The van der Waals surface area contributed by atoms with Gasteiger partial charge in [-0.05, 0) is 24.6 Å². The van der Waals surface area contributed by atoms with Gasteiger partial charge in [0.25, 0.3) is 0 Å². The molecule has 2 aromatic heterocycles. The molecule has 0 unspecified atom stereocenters. The number of nitrogens with zero attached hydrogens (tertiary/aromatic N) is 2. The summed E-state index contributed by atoms with van der Waals surface area (Å²) in [7, 11) is 0. The van der Waals surface area contributed by atoms with Gasteiger partial charge in [-0.3, -0.25) is 0 Å². The number of nitrogens with one attached hydrogen (secondary N) is 2. The van der Waals surface area contributed by atoms with Crippen molar-refractivity contribution in [1.29, 1.82) is 0 Å². The number of rotatable bonds is 3. The molecular weight excluding hydrogens is 284 g/mol. The Morgan fingerprint density at radius 3 is 2.30 bits per heavy atom. The normalized spacial score (nSPS) is 10.8. The van der Waals surface area contributed by atoms with Crippen LogP contribution in [0.5, 0.6) is 0 Å². The van der Waals surface area contributed by atoms with E-state index in [0.29, 0.717) is 5.95 Å². The fraction of sp³-hybridized carbons (Fsp3) is 0.0526. The minimum Gasteiger partial charge on any atom is -0.346 e. The molecule has 0 saturated carbocycles. The number of H-pyrrole nitrogens is 1. The molecule has 112 valence electrons. The molecule has 0 bridgehead atoms. The van der Waals surface area contributed by atoms with Crippen LogP contribution in [0.1, 0.15) is 5.56 Å². The van der Waals surface area contributed by atoms with Crippen molar-refractivity contribution in [2.24, 2.45) is 0 Å². The number of fused-ring (bicyclic) bond motifs is 1. The van der Waals surface area contributed by atoms with Crippen molar-refractivity contribution >= 4 is 22.7 Å². The monoisotopic (exact) mass is 300 g/mol. The Hall–Kier alpha value is -3.14. The fourth-order valence-electron chi connectivity index (χ4n) is 2.70. The fourth-order valence-corrected chi connectivity index (χ4v) is 2.70. The van der Waals surface area contributed by atoms with Crippen LogP contribution >= 0.6 is 0 Å². The minimum atomic E-state index is 0.587. The van der Waals surface area contributed by atoms with Gasteiger partial charge in [-0.1, -0.05) is 48.5 Å². The summed E-state index contributed by atoms with van der Waals surface area (Å²) >= 11 is 0. The van der Waals surface area contributed by atoms with E-state index in [9.17, 15) is 0 Å². The summed E-state index contributed by atoms with van der Waals surface area (Å²) in [4.78, 5) is 12.6. The molecule has 0 aliphatic heterocycles. The van der Waals surface area contributed by atoms with Crippen molar-refractivity contribution in [3.63, 3.8) is 0 Å². The van der Waals surface area contributed by atoms with E-state index in [1.807, 2.05) is 54.7 Å². The van der Waals surface area contributed by atoms with E-state index in [1.165, 1.54) is 0 Å². The molecule has 0 atom stereocenters. The largest absolute Gasteiger partial charge is 0.346 e. The maximum atomic E-state index is 4.76. The molecule has 2 heterocycles. The van der Waals surface area contributed by atoms with Gasteiger partial charge < -0.3 is 10.3 Å². The van der Waals surface area contributed by atoms with Gasteiger partial charge in [0.15, 0.2) is 0 Å². The SMILES string of the molecule is Cc1c[nH]c2nc(Nc3ccccc3)nc(-c3ccccc3)c12. The minimum absolute atomic E-state index is 0.587. The quantitative estimate of drug-likeness (QED) is 0.577. The molecule has 4 nitrogen and oxygen atoms in total. The van der Waals surface area contributed by atoms with Gasteiger partial charge in [0.1, 0.15) is 5.65 Å². The molecular formula is C19H16N4. The highest BCUT2D eigenvalue weighted by Crippen LogP contribution is 2.30. The van der Waals surface area contributed by atoms with Gasteiger partial charge in [-0.25, -0.2) is 4.98 Å². The molecule has 0 fully saturated rings. The molecule has 0 aliphatic rings. The molecule has 2 aromatic carbocycles. The van der Waals surface area contributed by atoms with Crippen molar-refractivity contribution in [2.45, 2.75) is 6.92 Å². The van der Waals surface area contributed by atoms with E-state index in [-0.39, 0.29) is 0 Å². The first-order chi connectivity index (χ1) is 11.3. The second-order valence-corrected chi connectivity index (χ2v) is 5.45. The third-order valence-corrected chi connectivity index (χ3v) is 3.81. The van der Waals surface area contributed by atoms with E-state index < -0.39 is 0 Å². The summed E-state index contributed by atoms with van der Waals surface area (Å²) in [5.74, 6) is 0.587. The van der Waals surface area contributed by atoms with Crippen LogP contribution in [0.25, 0.3) is 22.3 Å². The lowest BCUT2D eigenvalue weighted by molar-refractivity contribution is 1.20. The Kier molecular flexibility index (Phi) is 3.27. The topological polar surface area (TPSA) is 53.6 Å². The van der Waals surface area contributed by atoms with Crippen molar-refractivity contribution < 1.29 is 0 Å². The number of hydrogen-bond acceptors (Lipinski definition) is 3. The smallest absolute Gasteiger partial charge is 0.229 e. The molecule has 0 aliphatic carbocycles. The number of hydrogen-bond donors (Lipinski definition) is 2. The highest BCUT2D eigenvalue weighted by molar-refractivity contribution is 5.94. The molecule has 2 N–H and O–H groups in total. The Morgan fingerprint density at radius 1 is 0.870 bits per heavy atom. The molecule has 0 saturated heterocycles. The van der Waals surface area contributed by atoms with E-state index in [0.717, 1.165) is 33.5 Å². The number of para-hydroxylation sites is 1. The Labute approximate surface area is 134 Å². The average molecular weight is 300 g/mol. The molecule has 0 spiro atoms. The lowest BCUT2D eigenvalue weighted by Gasteiger charge is -2.09. The predicted octanol–water partition coefficient (Wildman–Crippen LogP) is 4.68. The van der Waals surface area contributed by atoms with Crippen LogP contribution in [-0.2, 0) is 0 Å². The summed E-state index contributed by atoms with van der Waals surface area (Å²) in [6.07, 6.45) is 1.97. The maximum absolute atomic E-state index is 4.76. The highest BCUT2D eigenvalue weighted by Gasteiger charge is 2.13. The van der Waals surface area contributed by atoms with Crippen LogP contribution in [0.3, 0.4) is 0 Å². The zero-order valence-corrected chi connectivity index (χ0v) is 12.7. The number of anilines is 2. The van der Waals surface area contributed by atoms with E-state index in [4.69, 9.17) is 4.98 Å². The molecule has 4 aromatic rings. The first-order valence-corrected chi connectivity index (χ1v) is 7.54. The number of aromatic amines is 1. The maximum Gasteiger partial charge on any atom is 0.229 e.